The molecule has 4 N–H and O–H groups in total. The maximum absolute atomic E-state index is 12.4. The zero-order valence-corrected chi connectivity index (χ0v) is 14.9. The summed E-state index contributed by atoms with van der Waals surface area (Å²) >= 11 is 0. The molecular formula is C18H25BN2O5. The first-order chi connectivity index (χ1) is 12.5. The summed E-state index contributed by atoms with van der Waals surface area (Å²) in [7, 11) is 0.711. The van der Waals surface area contributed by atoms with E-state index in [0.29, 0.717) is 30.4 Å². The van der Waals surface area contributed by atoms with Gasteiger partial charge in [-0.3, -0.25) is 4.79 Å². The van der Waals surface area contributed by atoms with Crippen LogP contribution in [0.5, 0.6) is 5.75 Å². The maximum Gasteiger partial charge on any atom is 0.547 e. The van der Waals surface area contributed by atoms with Gasteiger partial charge in [0.05, 0.1) is 11.5 Å². The van der Waals surface area contributed by atoms with Crippen molar-refractivity contribution in [3.8, 4) is 5.75 Å². The van der Waals surface area contributed by atoms with Crippen molar-refractivity contribution in [2.75, 3.05) is 7.05 Å². The number of benzene rings is 1. The molecule has 1 aliphatic heterocycles. The Balaban J connectivity index is 1.58. The van der Waals surface area contributed by atoms with Gasteiger partial charge in [0.1, 0.15) is 5.75 Å². The first-order valence-corrected chi connectivity index (χ1v) is 9.14. The number of para-hydroxylation sites is 1. The Hall–Kier alpha value is -2.06. The lowest BCUT2D eigenvalue weighted by Gasteiger charge is -2.30. The number of aromatic carboxylic acids is 1. The Morgan fingerprint density at radius 3 is 2.65 bits per heavy atom. The van der Waals surface area contributed by atoms with Crippen molar-refractivity contribution >= 4 is 19.0 Å². The van der Waals surface area contributed by atoms with E-state index in [1.54, 1.807) is 12.1 Å². The molecule has 3 rings (SSSR count). The van der Waals surface area contributed by atoms with Gasteiger partial charge in [0.25, 0.3) is 0 Å². The number of rotatable bonds is 5. The molecule has 0 aromatic heterocycles. The third-order valence-electron chi connectivity index (χ3n) is 5.43. The van der Waals surface area contributed by atoms with Crippen LogP contribution in [0.3, 0.4) is 0 Å². The second-order valence-electron chi connectivity index (χ2n) is 7.20. The number of carboxylic acid groups (broad SMARTS) is 1. The van der Waals surface area contributed by atoms with Gasteiger partial charge in [0.2, 0.25) is 5.91 Å². The monoisotopic (exact) mass is 360 g/mol. The van der Waals surface area contributed by atoms with Crippen molar-refractivity contribution in [2.24, 2.45) is 5.92 Å². The Morgan fingerprint density at radius 1 is 1.27 bits per heavy atom. The lowest BCUT2D eigenvalue weighted by atomic mass is 9.72. The minimum atomic E-state index is -1.26. The van der Waals surface area contributed by atoms with Crippen LogP contribution in [0.1, 0.15) is 48.0 Å². The average Bonchev–Trinajstić information content (AvgIpc) is 2.62. The highest BCUT2D eigenvalue weighted by Gasteiger charge is 2.38. The Bertz CT molecular complexity index is 676. The van der Waals surface area contributed by atoms with Crippen LogP contribution >= 0.6 is 0 Å². The van der Waals surface area contributed by atoms with Crippen LogP contribution in [-0.2, 0) is 11.2 Å². The molecule has 0 saturated heterocycles. The van der Waals surface area contributed by atoms with Crippen LogP contribution in [0.15, 0.2) is 18.2 Å². The van der Waals surface area contributed by atoms with Gasteiger partial charge in [-0.2, -0.15) is 0 Å². The lowest BCUT2D eigenvalue weighted by Crippen LogP contribution is -2.53. The Labute approximate surface area is 153 Å². The van der Waals surface area contributed by atoms with E-state index in [4.69, 9.17) is 4.65 Å². The lowest BCUT2D eigenvalue weighted by molar-refractivity contribution is -0.122. The summed E-state index contributed by atoms with van der Waals surface area (Å²) in [5.74, 6) is -1.22. The third-order valence-corrected chi connectivity index (χ3v) is 5.43. The van der Waals surface area contributed by atoms with Gasteiger partial charge in [-0.05, 0) is 56.7 Å². The van der Waals surface area contributed by atoms with E-state index < -0.39 is 19.0 Å². The molecule has 1 atom stereocenters. The number of carbonyl (C=O) groups is 2. The molecule has 1 fully saturated rings. The van der Waals surface area contributed by atoms with Crippen molar-refractivity contribution in [3.05, 3.63) is 29.3 Å². The summed E-state index contributed by atoms with van der Waals surface area (Å²) in [4.78, 5) is 23.6. The Kier molecular flexibility index (Phi) is 5.83. The molecule has 8 heteroatoms. The molecule has 1 aliphatic carbocycles. The normalized spacial score (nSPS) is 25.2. The van der Waals surface area contributed by atoms with Crippen LogP contribution in [0.4, 0.5) is 0 Å². The molecule has 0 unspecified atom stereocenters. The molecule has 1 saturated carbocycles. The SMILES string of the molecule is CN[C@H]1CC[C@H](CC(=O)N[C@H]2Cc3cccc(C(=O)O)c3OB2O)CC1. The van der Waals surface area contributed by atoms with Gasteiger partial charge >= 0.3 is 13.1 Å². The minimum absolute atomic E-state index is 0.0209. The number of carboxylic acids is 1. The van der Waals surface area contributed by atoms with Crippen molar-refractivity contribution in [2.45, 2.75) is 50.5 Å². The van der Waals surface area contributed by atoms with Crippen LogP contribution in [0.25, 0.3) is 0 Å². The van der Waals surface area contributed by atoms with E-state index in [9.17, 15) is 19.7 Å². The molecule has 0 radical (unpaired) electrons. The first-order valence-electron chi connectivity index (χ1n) is 9.14. The van der Waals surface area contributed by atoms with Crippen LogP contribution in [0, 0.1) is 5.92 Å². The Morgan fingerprint density at radius 2 is 2.00 bits per heavy atom. The molecule has 1 heterocycles. The second-order valence-corrected chi connectivity index (χ2v) is 7.20. The number of hydrogen-bond acceptors (Lipinski definition) is 5. The molecule has 1 amide bonds. The largest absolute Gasteiger partial charge is 0.547 e. The molecule has 0 spiro atoms. The summed E-state index contributed by atoms with van der Waals surface area (Å²) in [6.07, 6.45) is 4.99. The fraction of sp³-hybridized carbons (Fsp3) is 0.556. The van der Waals surface area contributed by atoms with E-state index >= 15 is 0 Å². The van der Waals surface area contributed by atoms with E-state index in [1.165, 1.54) is 6.07 Å². The molecule has 7 nitrogen and oxygen atoms in total. The predicted octanol–water partition coefficient (Wildman–Crippen LogP) is 0.992. The maximum atomic E-state index is 12.4. The number of amides is 1. The number of nitrogens with one attached hydrogen (secondary N) is 2. The second kappa shape index (κ2) is 8.10. The molecule has 1 aromatic rings. The minimum Gasteiger partial charge on any atom is -0.534 e. The van der Waals surface area contributed by atoms with Gasteiger partial charge in [0, 0.05) is 12.5 Å². The predicted molar refractivity (Wildman–Crippen MR) is 97.1 cm³/mol. The van der Waals surface area contributed by atoms with Crippen molar-refractivity contribution in [1.82, 2.24) is 10.6 Å². The van der Waals surface area contributed by atoms with Crippen LogP contribution in [0.2, 0.25) is 0 Å². The van der Waals surface area contributed by atoms with Crippen molar-refractivity contribution in [1.29, 1.82) is 0 Å². The van der Waals surface area contributed by atoms with Crippen LogP contribution < -0.4 is 15.3 Å². The fourth-order valence-electron chi connectivity index (χ4n) is 3.90. The van der Waals surface area contributed by atoms with E-state index in [-0.39, 0.29) is 17.2 Å². The molecule has 1 aromatic carbocycles. The molecular weight excluding hydrogens is 335 g/mol. The average molecular weight is 360 g/mol. The standard InChI is InChI=1S/C18H25BN2O5/c1-20-13-7-5-11(6-8-13)9-16(22)21-15-10-12-3-2-4-14(18(23)24)17(12)26-19(15)25/h2-4,11,13,15,20,25H,5-10H2,1H3,(H,21,22)(H,23,24)/t11-,13-,15-/m0/s1. The highest BCUT2D eigenvalue weighted by Crippen LogP contribution is 2.30. The van der Waals surface area contributed by atoms with Gasteiger partial charge < -0.3 is 25.4 Å². The molecule has 140 valence electrons. The molecule has 0 bridgehead atoms. The van der Waals surface area contributed by atoms with E-state index in [1.807, 2.05) is 7.05 Å². The van der Waals surface area contributed by atoms with Gasteiger partial charge in [-0.15, -0.1) is 0 Å². The topological polar surface area (TPSA) is 108 Å². The van der Waals surface area contributed by atoms with E-state index in [2.05, 4.69) is 10.6 Å². The molecule has 2 aliphatic rings. The number of fused-ring (bicyclic) bond motifs is 1. The summed E-state index contributed by atoms with van der Waals surface area (Å²) in [6, 6.07) is 5.38. The third kappa shape index (κ3) is 4.19. The highest BCUT2D eigenvalue weighted by molar-refractivity contribution is 6.47. The van der Waals surface area contributed by atoms with Gasteiger partial charge in [-0.1, -0.05) is 12.1 Å². The zero-order chi connectivity index (χ0) is 18.7. The highest BCUT2D eigenvalue weighted by atomic mass is 16.5. The van der Waals surface area contributed by atoms with E-state index in [0.717, 1.165) is 25.7 Å². The summed E-state index contributed by atoms with van der Waals surface area (Å²) < 4.78 is 5.41. The first kappa shape index (κ1) is 18.7. The number of carbonyl (C=O) groups excluding carboxylic acids is 1. The van der Waals surface area contributed by atoms with Gasteiger partial charge in [0.15, 0.2) is 0 Å². The zero-order valence-electron chi connectivity index (χ0n) is 14.9. The van der Waals surface area contributed by atoms with Crippen molar-refractivity contribution < 1.29 is 24.4 Å². The summed E-state index contributed by atoms with van der Waals surface area (Å²) in [5, 5.41) is 25.6. The summed E-state index contributed by atoms with van der Waals surface area (Å²) in [5.41, 5.74) is 0.697. The quantitative estimate of drug-likeness (QED) is 0.584. The number of hydrogen-bond donors (Lipinski definition) is 4. The fourth-order valence-corrected chi connectivity index (χ4v) is 3.90. The smallest absolute Gasteiger partial charge is 0.534 e. The van der Waals surface area contributed by atoms with Crippen molar-refractivity contribution in [3.63, 3.8) is 0 Å². The van der Waals surface area contributed by atoms with Crippen LogP contribution in [-0.4, -0.2) is 48.2 Å². The van der Waals surface area contributed by atoms with Gasteiger partial charge in [-0.25, -0.2) is 4.79 Å². The summed E-state index contributed by atoms with van der Waals surface area (Å²) in [6.45, 7) is 0. The molecule has 26 heavy (non-hydrogen) atoms.